The number of sulfonamides is 1. The highest BCUT2D eigenvalue weighted by atomic mass is 32.2. The summed E-state index contributed by atoms with van der Waals surface area (Å²) in [5.74, 6) is 0.895. The van der Waals surface area contributed by atoms with Gasteiger partial charge < -0.3 is 14.8 Å². The van der Waals surface area contributed by atoms with Crippen molar-refractivity contribution in [3.63, 3.8) is 0 Å². The first kappa shape index (κ1) is 21.7. The van der Waals surface area contributed by atoms with Crippen molar-refractivity contribution in [3.05, 3.63) is 53.6 Å². The summed E-state index contributed by atoms with van der Waals surface area (Å²) >= 11 is 0. The number of ether oxygens (including phenoxy) is 2. The van der Waals surface area contributed by atoms with Crippen LogP contribution in [0.3, 0.4) is 0 Å². The summed E-state index contributed by atoms with van der Waals surface area (Å²) < 4.78 is 37.6. The lowest BCUT2D eigenvalue weighted by Gasteiger charge is -2.12. The molecule has 0 aliphatic heterocycles. The lowest BCUT2D eigenvalue weighted by molar-refractivity contribution is 0.0950. The normalized spacial score (nSPS) is 12.3. The van der Waals surface area contributed by atoms with Gasteiger partial charge in [-0.15, -0.1) is 0 Å². The van der Waals surface area contributed by atoms with E-state index in [1.165, 1.54) is 24.3 Å². The highest BCUT2D eigenvalue weighted by Gasteiger charge is 2.17. The summed E-state index contributed by atoms with van der Waals surface area (Å²) in [6.45, 7) is 4.00. The molecule has 2 N–H and O–H groups in total. The van der Waals surface area contributed by atoms with Crippen molar-refractivity contribution in [2.75, 3.05) is 14.2 Å². The zero-order chi connectivity index (χ0) is 20.7. The molecule has 0 aliphatic rings. The van der Waals surface area contributed by atoms with E-state index in [2.05, 4.69) is 10.0 Å². The van der Waals surface area contributed by atoms with Crippen molar-refractivity contribution in [2.45, 2.75) is 37.8 Å². The van der Waals surface area contributed by atoms with Crippen LogP contribution in [0.25, 0.3) is 0 Å². The van der Waals surface area contributed by atoms with Crippen LogP contribution >= 0.6 is 0 Å². The van der Waals surface area contributed by atoms with Crippen molar-refractivity contribution in [1.82, 2.24) is 10.0 Å². The van der Waals surface area contributed by atoms with Crippen molar-refractivity contribution in [1.29, 1.82) is 0 Å². The van der Waals surface area contributed by atoms with Crippen LogP contribution < -0.4 is 19.5 Å². The lowest BCUT2D eigenvalue weighted by Crippen LogP contribution is -2.32. The number of hydrogen-bond acceptors (Lipinski definition) is 5. The fraction of sp³-hybridized carbons (Fsp3) is 0.350. The second-order valence-electron chi connectivity index (χ2n) is 6.33. The SMILES string of the molecule is CCC(C)NS(=O)(=O)c1ccc(C(=O)NCc2ccc(OC)c(OC)c2)cc1. The zero-order valence-electron chi connectivity index (χ0n) is 16.5. The molecule has 7 nitrogen and oxygen atoms in total. The Morgan fingerprint density at radius 2 is 1.68 bits per heavy atom. The van der Waals surface area contributed by atoms with E-state index in [0.717, 1.165) is 5.56 Å². The molecule has 28 heavy (non-hydrogen) atoms. The van der Waals surface area contributed by atoms with Gasteiger partial charge in [-0.2, -0.15) is 0 Å². The molecule has 152 valence electrons. The second kappa shape index (κ2) is 9.57. The van der Waals surface area contributed by atoms with Gasteiger partial charge in [-0.05, 0) is 55.3 Å². The lowest BCUT2D eigenvalue weighted by atomic mass is 10.1. The third-order valence-electron chi connectivity index (χ3n) is 4.30. The number of carbonyl (C=O) groups excluding carboxylic acids is 1. The minimum absolute atomic E-state index is 0.129. The van der Waals surface area contributed by atoms with Gasteiger partial charge in [0.2, 0.25) is 10.0 Å². The average molecular weight is 407 g/mol. The Hall–Kier alpha value is -2.58. The molecular formula is C20H26N2O5S. The van der Waals surface area contributed by atoms with Crippen molar-refractivity contribution >= 4 is 15.9 Å². The van der Waals surface area contributed by atoms with Gasteiger partial charge in [0.15, 0.2) is 11.5 Å². The van der Waals surface area contributed by atoms with Crippen LogP contribution in [-0.4, -0.2) is 34.6 Å². The molecule has 1 amide bonds. The molecule has 0 saturated carbocycles. The smallest absolute Gasteiger partial charge is 0.251 e. The van der Waals surface area contributed by atoms with Crippen molar-refractivity contribution < 1.29 is 22.7 Å². The maximum Gasteiger partial charge on any atom is 0.251 e. The number of methoxy groups -OCH3 is 2. The van der Waals surface area contributed by atoms with Gasteiger partial charge in [0.25, 0.3) is 5.91 Å². The highest BCUT2D eigenvalue weighted by Crippen LogP contribution is 2.27. The monoisotopic (exact) mass is 406 g/mol. The topological polar surface area (TPSA) is 93.7 Å². The van der Waals surface area contributed by atoms with Crippen LogP contribution in [0.4, 0.5) is 0 Å². The van der Waals surface area contributed by atoms with Gasteiger partial charge >= 0.3 is 0 Å². The molecule has 2 rings (SSSR count). The van der Waals surface area contributed by atoms with Crippen molar-refractivity contribution in [3.8, 4) is 11.5 Å². The Balaban J connectivity index is 2.03. The molecule has 0 saturated heterocycles. The first-order valence-corrected chi connectivity index (χ1v) is 10.4. The maximum absolute atomic E-state index is 12.3. The Kier molecular flexibility index (Phi) is 7.42. The number of nitrogens with one attached hydrogen (secondary N) is 2. The number of amides is 1. The van der Waals surface area contributed by atoms with E-state index >= 15 is 0 Å². The quantitative estimate of drug-likeness (QED) is 0.668. The van der Waals surface area contributed by atoms with E-state index in [9.17, 15) is 13.2 Å². The standard InChI is InChI=1S/C20H26N2O5S/c1-5-14(2)22-28(24,25)17-9-7-16(8-10-17)20(23)21-13-15-6-11-18(26-3)19(12-15)27-4/h6-12,14,22H,5,13H2,1-4H3,(H,21,23). The summed E-state index contributed by atoms with van der Waals surface area (Å²) in [4.78, 5) is 12.5. The molecule has 8 heteroatoms. The van der Waals surface area contributed by atoms with E-state index in [4.69, 9.17) is 9.47 Å². The molecule has 0 heterocycles. The first-order valence-electron chi connectivity index (χ1n) is 8.92. The van der Waals surface area contributed by atoms with Crippen LogP contribution in [0, 0.1) is 0 Å². The largest absolute Gasteiger partial charge is 0.493 e. The second-order valence-corrected chi connectivity index (χ2v) is 8.04. The number of rotatable bonds is 9. The predicted octanol–water partition coefficient (Wildman–Crippen LogP) is 2.71. The highest BCUT2D eigenvalue weighted by molar-refractivity contribution is 7.89. The molecule has 2 aromatic carbocycles. The number of hydrogen-bond donors (Lipinski definition) is 2. The van der Waals surface area contributed by atoms with E-state index in [1.807, 2.05) is 13.0 Å². The van der Waals surface area contributed by atoms with Gasteiger partial charge in [-0.25, -0.2) is 13.1 Å². The van der Waals surface area contributed by atoms with E-state index < -0.39 is 10.0 Å². The fourth-order valence-corrected chi connectivity index (χ4v) is 3.80. The van der Waals surface area contributed by atoms with Gasteiger partial charge in [0.1, 0.15) is 0 Å². The average Bonchev–Trinajstić information content (AvgIpc) is 2.71. The number of carbonyl (C=O) groups is 1. The Bertz CT molecular complexity index is 911. The Morgan fingerprint density at radius 3 is 2.25 bits per heavy atom. The van der Waals surface area contributed by atoms with E-state index in [1.54, 1.807) is 33.3 Å². The minimum Gasteiger partial charge on any atom is -0.493 e. The molecule has 0 spiro atoms. The van der Waals surface area contributed by atoms with E-state index in [0.29, 0.717) is 30.0 Å². The molecule has 0 bridgehead atoms. The van der Waals surface area contributed by atoms with Gasteiger partial charge in [0.05, 0.1) is 19.1 Å². The summed E-state index contributed by atoms with van der Waals surface area (Å²) in [6.07, 6.45) is 0.690. The Morgan fingerprint density at radius 1 is 1.04 bits per heavy atom. The van der Waals surface area contributed by atoms with Crippen molar-refractivity contribution in [2.24, 2.45) is 0 Å². The van der Waals surface area contributed by atoms with Gasteiger partial charge in [-0.3, -0.25) is 4.79 Å². The van der Waals surface area contributed by atoms with Crippen LogP contribution in [0.1, 0.15) is 36.2 Å². The molecule has 1 unspecified atom stereocenters. The maximum atomic E-state index is 12.3. The molecule has 0 aliphatic carbocycles. The van der Waals surface area contributed by atoms with Crippen LogP contribution in [0.2, 0.25) is 0 Å². The van der Waals surface area contributed by atoms with Crippen LogP contribution in [-0.2, 0) is 16.6 Å². The Labute approximate surface area is 166 Å². The number of benzene rings is 2. The van der Waals surface area contributed by atoms with Crippen LogP contribution in [0.5, 0.6) is 11.5 Å². The minimum atomic E-state index is -3.59. The summed E-state index contributed by atoms with van der Waals surface area (Å²) in [5.41, 5.74) is 1.23. The first-order chi connectivity index (χ1) is 13.3. The molecule has 0 aromatic heterocycles. The third-order valence-corrected chi connectivity index (χ3v) is 5.90. The fourth-order valence-electron chi connectivity index (χ4n) is 2.48. The molecule has 0 radical (unpaired) electrons. The molecule has 2 aromatic rings. The summed E-state index contributed by atoms with van der Waals surface area (Å²) in [7, 11) is -0.486. The summed E-state index contributed by atoms with van der Waals surface area (Å²) in [6, 6.07) is 11.1. The zero-order valence-corrected chi connectivity index (χ0v) is 17.3. The van der Waals surface area contributed by atoms with Gasteiger partial charge in [0, 0.05) is 18.2 Å². The van der Waals surface area contributed by atoms with Gasteiger partial charge in [-0.1, -0.05) is 13.0 Å². The molecule has 1 atom stereocenters. The molecule has 0 fully saturated rings. The van der Waals surface area contributed by atoms with E-state index in [-0.39, 0.29) is 16.8 Å². The molecular weight excluding hydrogens is 380 g/mol. The summed E-state index contributed by atoms with van der Waals surface area (Å²) in [5, 5.41) is 2.80. The third kappa shape index (κ3) is 5.46. The van der Waals surface area contributed by atoms with Crippen LogP contribution in [0.15, 0.2) is 47.4 Å². The predicted molar refractivity (Wildman–Crippen MR) is 107 cm³/mol.